The quantitative estimate of drug-likeness (QED) is 0.898. The Morgan fingerprint density at radius 2 is 2.09 bits per heavy atom. The molecule has 5 nitrogen and oxygen atoms in total. The molecule has 0 spiro atoms. The maximum atomic E-state index is 13.8. The monoisotopic (exact) mass is 369 g/mol. The molecular formula is C15H17BrFN3O2. The molecule has 0 radical (unpaired) electrons. The van der Waals surface area contributed by atoms with Crippen LogP contribution in [-0.4, -0.2) is 16.0 Å². The predicted octanol–water partition coefficient (Wildman–Crippen LogP) is 3.51. The van der Waals surface area contributed by atoms with Gasteiger partial charge in [0.2, 0.25) is 5.89 Å². The molecule has 1 aromatic heterocycles. The van der Waals surface area contributed by atoms with Gasteiger partial charge < -0.3 is 9.84 Å². The van der Waals surface area contributed by atoms with Crippen molar-refractivity contribution in [3.8, 4) is 0 Å². The Balaban J connectivity index is 2.07. The fourth-order valence-electron chi connectivity index (χ4n) is 1.76. The summed E-state index contributed by atoms with van der Waals surface area (Å²) in [6.45, 7) is 7.59. The molecule has 0 bridgehead atoms. The van der Waals surface area contributed by atoms with Gasteiger partial charge in [0, 0.05) is 12.0 Å². The van der Waals surface area contributed by atoms with Gasteiger partial charge in [0.25, 0.3) is 11.7 Å². The molecule has 0 unspecified atom stereocenters. The summed E-state index contributed by atoms with van der Waals surface area (Å²) in [6, 6.07) is 3.36. The highest BCUT2D eigenvalue weighted by atomic mass is 79.9. The lowest BCUT2D eigenvalue weighted by Gasteiger charge is -2.10. The van der Waals surface area contributed by atoms with E-state index in [1.165, 1.54) is 0 Å². The maximum absolute atomic E-state index is 13.8. The van der Waals surface area contributed by atoms with E-state index in [1.807, 2.05) is 20.8 Å². The Morgan fingerprint density at radius 1 is 1.41 bits per heavy atom. The highest BCUT2D eigenvalue weighted by molar-refractivity contribution is 9.10. The van der Waals surface area contributed by atoms with Crippen LogP contribution >= 0.6 is 15.9 Å². The Morgan fingerprint density at radius 3 is 2.68 bits per heavy atom. The number of halogens is 2. The SMILES string of the molecule is Cc1c(CNC(=O)c2noc(C(C)(C)C)n2)ccc(Br)c1F. The third-order valence-electron chi connectivity index (χ3n) is 3.16. The van der Waals surface area contributed by atoms with Crippen LogP contribution in [0.1, 0.15) is 48.4 Å². The first-order valence-electron chi connectivity index (χ1n) is 6.76. The third kappa shape index (κ3) is 3.52. The zero-order valence-corrected chi connectivity index (χ0v) is 14.4. The molecule has 0 fully saturated rings. The first-order chi connectivity index (χ1) is 10.2. The molecule has 0 aliphatic heterocycles. The lowest BCUT2D eigenvalue weighted by molar-refractivity contribution is 0.0937. The zero-order valence-electron chi connectivity index (χ0n) is 12.8. The van der Waals surface area contributed by atoms with Crippen molar-refractivity contribution in [2.45, 2.75) is 39.7 Å². The van der Waals surface area contributed by atoms with Crippen molar-refractivity contribution in [3.63, 3.8) is 0 Å². The number of aromatic nitrogens is 2. The maximum Gasteiger partial charge on any atom is 0.292 e. The van der Waals surface area contributed by atoms with E-state index in [9.17, 15) is 9.18 Å². The highest BCUT2D eigenvalue weighted by Crippen LogP contribution is 2.22. The van der Waals surface area contributed by atoms with Gasteiger partial charge in [-0.1, -0.05) is 32.0 Å². The number of nitrogens with one attached hydrogen (secondary N) is 1. The smallest absolute Gasteiger partial charge is 0.292 e. The van der Waals surface area contributed by atoms with Gasteiger partial charge in [0.05, 0.1) is 4.47 Å². The van der Waals surface area contributed by atoms with Crippen LogP contribution in [-0.2, 0) is 12.0 Å². The molecule has 118 valence electrons. The number of nitrogens with zero attached hydrogens (tertiary/aromatic N) is 2. The number of amides is 1. The molecule has 1 heterocycles. The summed E-state index contributed by atoms with van der Waals surface area (Å²) < 4.78 is 19.2. The van der Waals surface area contributed by atoms with Gasteiger partial charge in [-0.2, -0.15) is 4.98 Å². The summed E-state index contributed by atoms with van der Waals surface area (Å²) in [4.78, 5) is 16.1. The predicted molar refractivity (Wildman–Crippen MR) is 83.0 cm³/mol. The van der Waals surface area contributed by atoms with E-state index in [2.05, 4.69) is 31.4 Å². The average molecular weight is 370 g/mol. The summed E-state index contributed by atoms with van der Waals surface area (Å²) >= 11 is 3.12. The van der Waals surface area contributed by atoms with Gasteiger partial charge in [-0.05, 0) is 40.0 Å². The highest BCUT2D eigenvalue weighted by Gasteiger charge is 2.24. The van der Waals surface area contributed by atoms with Gasteiger partial charge in [0.15, 0.2) is 0 Å². The van der Waals surface area contributed by atoms with Crippen molar-refractivity contribution in [2.24, 2.45) is 0 Å². The second kappa shape index (κ2) is 6.16. The van der Waals surface area contributed by atoms with Gasteiger partial charge in [-0.15, -0.1) is 0 Å². The molecule has 0 saturated heterocycles. The van der Waals surface area contributed by atoms with Crippen molar-refractivity contribution in [1.82, 2.24) is 15.5 Å². The minimum absolute atomic E-state index is 0.0276. The van der Waals surface area contributed by atoms with Crippen LogP contribution in [0.4, 0.5) is 4.39 Å². The first-order valence-corrected chi connectivity index (χ1v) is 7.55. The Labute approximate surface area is 136 Å². The number of benzene rings is 1. The van der Waals surface area contributed by atoms with Crippen molar-refractivity contribution >= 4 is 21.8 Å². The van der Waals surface area contributed by atoms with Crippen LogP contribution in [0.25, 0.3) is 0 Å². The second-order valence-corrected chi connectivity index (χ2v) is 6.86. The zero-order chi connectivity index (χ0) is 16.5. The Kier molecular flexibility index (Phi) is 4.65. The van der Waals surface area contributed by atoms with Gasteiger partial charge in [-0.3, -0.25) is 4.79 Å². The van der Waals surface area contributed by atoms with Crippen molar-refractivity contribution < 1.29 is 13.7 Å². The standard InChI is InChI=1S/C15H17BrFN3O2/c1-8-9(5-6-10(16)11(8)17)7-18-13(21)12-19-14(22-20-12)15(2,3)4/h5-6H,7H2,1-4H3,(H,18,21). The van der Waals surface area contributed by atoms with Crippen molar-refractivity contribution in [1.29, 1.82) is 0 Å². The second-order valence-electron chi connectivity index (χ2n) is 6.00. The van der Waals surface area contributed by atoms with E-state index in [4.69, 9.17) is 4.52 Å². The fraction of sp³-hybridized carbons (Fsp3) is 0.400. The molecule has 2 aromatic rings. The lowest BCUT2D eigenvalue weighted by Crippen LogP contribution is -2.25. The molecule has 7 heteroatoms. The van der Waals surface area contributed by atoms with E-state index in [1.54, 1.807) is 19.1 Å². The van der Waals surface area contributed by atoms with Crippen LogP contribution in [0.5, 0.6) is 0 Å². The molecule has 1 aromatic carbocycles. The summed E-state index contributed by atoms with van der Waals surface area (Å²) in [5, 5.41) is 6.33. The molecule has 0 aliphatic carbocycles. The minimum Gasteiger partial charge on any atom is -0.345 e. The molecular weight excluding hydrogens is 353 g/mol. The van der Waals surface area contributed by atoms with Crippen LogP contribution in [0.15, 0.2) is 21.1 Å². The van der Waals surface area contributed by atoms with Gasteiger partial charge >= 0.3 is 0 Å². The number of carbonyl (C=O) groups excluding carboxylic acids is 1. The van der Waals surface area contributed by atoms with Crippen LogP contribution in [0.2, 0.25) is 0 Å². The normalized spacial score (nSPS) is 11.5. The molecule has 0 aliphatic rings. The van der Waals surface area contributed by atoms with E-state index < -0.39 is 5.91 Å². The van der Waals surface area contributed by atoms with E-state index in [-0.39, 0.29) is 23.6 Å². The molecule has 22 heavy (non-hydrogen) atoms. The molecule has 0 atom stereocenters. The third-order valence-corrected chi connectivity index (χ3v) is 3.77. The van der Waals surface area contributed by atoms with E-state index >= 15 is 0 Å². The van der Waals surface area contributed by atoms with Crippen LogP contribution in [0.3, 0.4) is 0 Å². The van der Waals surface area contributed by atoms with Gasteiger partial charge in [0.1, 0.15) is 5.82 Å². The largest absolute Gasteiger partial charge is 0.345 e. The first kappa shape index (κ1) is 16.6. The summed E-state index contributed by atoms with van der Waals surface area (Å²) in [6.07, 6.45) is 0. The van der Waals surface area contributed by atoms with E-state index in [0.717, 1.165) is 0 Å². The number of hydrogen-bond acceptors (Lipinski definition) is 4. The molecule has 0 saturated carbocycles. The van der Waals surface area contributed by atoms with Crippen molar-refractivity contribution in [3.05, 3.63) is 45.3 Å². The molecule has 2 rings (SSSR count). The molecule has 1 N–H and O–H groups in total. The van der Waals surface area contributed by atoms with Crippen LogP contribution < -0.4 is 5.32 Å². The van der Waals surface area contributed by atoms with Crippen LogP contribution in [0, 0.1) is 12.7 Å². The lowest BCUT2D eigenvalue weighted by atomic mass is 9.97. The fourth-order valence-corrected chi connectivity index (χ4v) is 2.19. The minimum atomic E-state index is -0.457. The molecule has 1 amide bonds. The van der Waals surface area contributed by atoms with E-state index in [0.29, 0.717) is 21.5 Å². The Hall–Kier alpha value is -1.76. The average Bonchev–Trinajstić information content (AvgIpc) is 2.93. The Bertz CT molecular complexity index is 707. The summed E-state index contributed by atoms with van der Waals surface area (Å²) in [7, 11) is 0. The summed E-state index contributed by atoms with van der Waals surface area (Å²) in [5.41, 5.74) is 0.850. The van der Waals surface area contributed by atoms with Crippen molar-refractivity contribution in [2.75, 3.05) is 0 Å². The van der Waals surface area contributed by atoms with Gasteiger partial charge in [-0.25, -0.2) is 4.39 Å². The topological polar surface area (TPSA) is 68.0 Å². The number of carbonyl (C=O) groups is 1. The number of hydrogen-bond donors (Lipinski definition) is 1. The summed E-state index contributed by atoms with van der Waals surface area (Å²) in [5.74, 6) is -0.424. The number of rotatable bonds is 3.